The topological polar surface area (TPSA) is 15.8 Å². The van der Waals surface area contributed by atoms with E-state index in [1.54, 1.807) is 12.1 Å². The van der Waals surface area contributed by atoms with Crippen LogP contribution in [0, 0.1) is 5.82 Å². The zero-order chi connectivity index (χ0) is 10.1. The van der Waals surface area contributed by atoms with E-state index in [1.807, 2.05) is 6.20 Å². The first-order chi connectivity index (χ1) is 6.72. The summed E-state index contributed by atoms with van der Waals surface area (Å²) in [6.07, 6.45) is 2.93. The molecular formula is C11H11BrFN. The third-order valence-corrected chi connectivity index (χ3v) is 3.51. The zero-order valence-electron chi connectivity index (χ0n) is 7.85. The van der Waals surface area contributed by atoms with Crippen molar-refractivity contribution in [2.45, 2.75) is 18.2 Å². The first-order valence-corrected chi connectivity index (χ1v) is 5.54. The monoisotopic (exact) mass is 255 g/mol. The number of nitrogens with one attached hydrogen (secondary N) is 1. The number of fused-ring (bicyclic) bond motifs is 1. The number of hydrogen-bond acceptors (Lipinski definition) is 0. The average molecular weight is 256 g/mol. The Balaban J connectivity index is 2.61. The number of aromatic nitrogens is 1. The van der Waals surface area contributed by atoms with Crippen molar-refractivity contribution in [1.82, 2.24) is 4.98 Å². The van der Waals surface area contributed by atoms with Crippen LogP contribution >= 0.6 is 15.9 Å². The van der Waals surface area contributed by atoms with Crippen LogP contribution in [0.2, 0.25) is 0 Å². The summed E-state index contributed by atoms with van der Waals surface area (Å²) >= 11 is 3.57. The largest absolute Gasteiger partial charge is 0.361 e. The third-order valence-electron chi connectivity index (χ3n) is 2.37. The Kier molecular flexibility index (Phi) is 2.59. The molecular weight excluding hydrogens is 245 g/mol. The van der Waals surface area contributed by atoms with Crippen molar-refractivity contribution < 1.29 is 4.39 Å². The van der Waals surface area contributed by atoms with Gasteiger partial charge in [-0.15, -0.1) is 0 Å². The second-order valence-electron chi connectivity index (χ2n) is 3.31. The van der Waals surface area contributed by atoms with Gasteiger partial charge in [0.2, 0.25) is 0 Å². The summed E-state index contributed by atoms with van der Waals surface area (Å²) in [5, 5.41) is 0.966. The summed E-state index contributed by atoms with van der Waals surface area (Å²) in [5.74, 6) is -0.186. The van der Waals surface area contributed by atoms with Crippen molar-refractivity contribution in [2.75, 3.05) is 0 Å². The summed E-state index contributed by atoms with van der Waals surface area (Å²) in [6, 6.07) is 4.81. The Hall–Kier alpha value is -0.830. The quantitative estimate of drug-likeness (QED) is 0.777. The number of aromatic amines is 1. The molecule has 0 saturated carbocycles. The van der Waals surface area contributed by atoms with Gasteiger partial charge < -0.3 is 4.98 Å². The van der Waals surface area contributed by atoms with E-state index in [0.29, 0.717) is 0 Å². The molecule has 0 saturated heterocycles. The van der Waals surface area contributed by atoms with E-state index in [0.717, 1.165) is 22.9 Å². The standard InChI is InChI=1S/C11H11BrFN/c1-2-10(12)9-6-14-11-4-3-7(13)5-8(9)11/h3-6,10,14H,2H2,1H3. The van der Waals surface area contributed by atoms with Crippen LogP contribution in [-0.4, -0.2) is 4.98 Å². The predicted octanol–water partition coefficient (Wildman–Crippen LogP) is 4.15. The van der Waals surface area contributed by atoms with E-state index >= 15 is 0 Å². The number of hydrogen-bond donors (Lipinski definition) is 1. The molecule has 1 N–H and O–H groups in total. The van der Waals surface area contributed by atoms with E-state index in [9.17, 15) is 4.39 Å². The molecule has 0 aliphatic carbocycles. The number of benzene rings is 1. The molecule has 74 valence electrons. The molecule has 0 amide bonds. The molecule has 0 aliphatic rings. The molecule has 14 heavy (non-hydrogen) atoms. The first-order valence-electron chi connectivity index (χ1n) is 4.63. The lowest BCUT2D eigenvalue weighted by molar-refractivity contribution is 0.629. The molecule has 2 rings (SSSR count). The minimum absolute atomic E-state index is 0.186. The normalized spacial score (nSPS) is 13.4. The maximum Gasteiger partial charge on any atom is 0.123 e. The highest BCUT2D eigenvalue weighted by Crippen LogP contribution is 2.32. The maximum atomic E-state index is 13.0. The van der Waals surface area contributed by atoms with Crippen LogP contribution in [0.4, 0.5) is 4.39 Å². The fourth-order valence-electron chi connectivity index (χ4n) is 1.59. The number of H-pyrrole nitrogens is 1. The van der Waals surface area contributed by atoms with Crippen molar-refractivity contribution in [3.05, 3.63) is 35.8 Å². The van der Waals surface area contributed by atoms with Gasteiger partial charge in [0.25, 0.3) is 0 Å². The van der Waals surface area contributed by atoms with Gasteiger partial charge in [0.15, 0.2) is 0 Å². The highest BCUT2D eigenvalue weighted by Gasteiger charge is 2.11. The van der Waals surface area contributed by atoms with Crippen LogP contribution in [0.15, 0.2) is 24.4 Å². The lowest BCUT2D eigenvalue weighted by Crippen LogP contribution is -1.85. The third kappa shape index (κ3) is 1.57. The van der Waals surface area contributed by atoms with Crippen molar-refractivity contribution in [3.8, 4) is 0 Å². The van der Waals surface area contributed by atoms with E-state index in [-0.39, 0.29) is 10.6 Å². The van der Waals surface area contributed by atoms with Gasteiger partial charge in [0.1, 0.15) is 5.82 Å². The number of halogens is 2. The Bertz CT molecular complexity index is 449. The van der Waals surface area contributed by atoms with E-state index in [2.05, 4.69) is 27.8 Å². The molecule has 3 heteroatoms. The summed E-state index contributed by atoms with van der Waals surface area (Å²) < 4.78 is 13.0. The van der Waals surface area contributed by atoms with Crippen LogP contribution in [0.1, 0.15) is 23.7 Å². The average Bonchev–Trinajstić information content (AvgIpc) is 2.59. The molecule has 1 aromatic heterocycles. The predicted molar refractivity (Wildman–Crippen MR) is 60.2 cm³/mol. The lowest BCUT2D eigenvalue weighted by Gasteiger charge is -2.04. The Morgan fingerprint density at radius 2 is 2.29 bits per heavy atom. The maximum absolute atomic E-state index is 13.0. The van der Waals surface area contributed by atoms with E-state index in [1.165, 1.54) is 6.07 Å². The molecule has 0 fully saturated rings. The molecule has 1 unspecified atom stereocenters. The fraction of sp³-hybridized carbons (Fsp3) is 0.273. The van der Waals surface area contributed by atoms with Crippen LogP contribution in [0.5, 0.6) is 0 Å². The van der Waals surface area contributed by atoms with Crippen LogP contribution in [-0.2, 0) is 0 Å². The Morgan fingerprint density at radius 1 is 1.50 bits per heavy atom. The van der Waals surface area contributed by atoms with Gasteiger partial charge in [0.05, 0.1) is 0 Å². The van der Waals surface area contributed by atoms with Crippen molar-refractivity contribution >= 4 is 26.8 Å². The highest BCUT2D eigenvalue weighted by molar-refractivity contribution is 9.09. The molecule has 0 radical (unpaired) electrons. The van der Waals surface area contributed by atoms with Gasteiger partial charge in [-0.3, -0.25) is 0 Å². The minimum Gasteiger partial charge on any atom is -0.361 e. The summed E-state index contributed by atoms with van der Waals surface area (Å²) in [7, 11) is 0. The van der Waals surface area contributed by atoms with Gasteiger partial charge in [-0.05, 0) is 30.2 Å². The van der Waals surface area contributed by atoms with Crippen LogP contribution < -0.4 is 0 Å². The van der Waals surface area contributed by atoms with Crippen LogP contribution in [0.3, 0.4) is 0 Å². The summed E-state index contributed by atoms with van der Waals surface area (Å²) in [4.78, 5) is 3.42. The Labute approximate surface area is 90.5 Å². The molecule has 1 aromatic carbocycles. The van der Waals surface area contributed by atoms with Gasteiger partial charge >= 0.3 is 0 Å². The molecule has 2 aromatic rings. The SMILES string of the molecule is CCC(Br)c1c[nH]c2ccc(F)cc12. The summed E-state index contributed by atoms with van der Waals surface area (Å²) in [6.45, 7) is 2.09. The molecule has 0 spiro atoms. The van der Waals surface area contributed by atoms with E-state index in [4.69, 9.17) is 0 Å². The van der Waals surface area contributed by atoms with Gasteiger partial charge in [-0.1, -0.05) is 22.9 Å². The summed E-state index contributed by atoms with van der Waals surface area (Å²) in [5.41, 5.74) is 2.11. The van der Waals surface area contributed by atoms with Crippen LogP contribution in [0.25, 0.3) is 10.9 Å². The zero-order valence-corrected chi connectivity index (χ0v) is 9.44. The molecule has 1 nitrogen and oxygen atoms in total. The Morgan fingerprint density at radius 3 is 3.00 bits per heavy atom. The molecule has 1 heterocycles. The minimum atomic E-state index is -0.186. The highest BCUT2D eigenvalue weighted by atomic mass is 79.9. The fourth-order valence-corrected chi connectivity index (χ4v) is 1.97. The number of rotatable bonds is 2. The smallest absolute Gasteiger partial charge is 0.123 e. The van der Waals surface area contributed by atoms with Gasteiger partial charge in [-0.2, -0.15) is 0 Å². The van der Waals surface area contributed by atoms with E-state index < -0.39 is 0 Å². The molecule has 1 atom stereocenters. The molecule has 0 bridgehead atoms. The van der Waals surface area contributed by atoms with Crippen molar-refractivity contribution in [2.24, 2.45) is 0 Å². The van der Waals surface area contributed by atoms with Crippen molar-refractivity contribution in [3.63, 3.8) is 0 Å². The second-order valence-corrected chi connectivity index (χ2v) is 4.42. The van der Waals surface area contributed by atoms with Crippen molar-refractivity contribution in [1.29, 1.82) is 0 Å². The van der Waals surface area contributed by atoms with Gasteiger partial charge in [0, 0.05) is 21.9 Å². The van der Waals surface area contributed by atoms with Gasteiger partial charge in [-0.25, -0.2) is 4.39 Å². The molecule has 0 aliphatic heterocycles. The lowest BCUT2D eigenvalue weighted by atomic mass is 10.1. The number of alkyl halides is 1. The first kappa shape index (κ1) is 9.71. The second kappa shape index (κ2) is 3.73.